The molecule has 0 saturated heterocycles. The number of nitrogens with one attached hydrogen (secondary N) is 2. The number of halogens is 2. The molecule has 7 heteroatoms. The minimum absolute atomic E-state index is 0.0916. The van der Waals surface area contributed by atoms with E-state index in [1.807, 2.05) is 18.2 Å². The molecule has 1 aliphatic heterocycles. The molecule has 22 heavy (non-hydrogen) atoms. The molecule has 0 radical (unpaired) electrons. The minimum Gasteiger partial charge on any atom is -0.454 e. The Hall–Kier alpha value is -2.05. The fraction of sp³-hybridized carbons (Fsp3) is 0.133. The molecule has 2 aromatic carbocycles. The molecule has 0 aliphatic carbocycles. The molecular formula is C15H12ClFN2O2S. The molecule has 0 spiro atoms. The Balaban J connectivity index is 1.57. The average molecular weight is 339 g/mol. The van der Waals surface area contributed by atoms with Crippen molar-refractivity contribution >= 4 is 34.6 Å². The van der Waals surface area contributed by atoms with E-state index in [1.165, 1.54) is 6.07 Å². The van der Waals surface area contributed by atoms with Crippen molar-refractivity contribution in [1.82, 2.24) is 5.32 Å². The standard InChI is InChI=1S/C15H12ClFN2O2S/c16-11-5-9(1-3-12(11)17)7-18-15(22)19-10-2-4-13-14(6-10)21-8-20-13/h1-6H,7-8H2,(H2,18,19,22). The molecule has 2 aromatic rings. The summed E-state index contributed by atoms with van der Waals surface area (Å²) in [7, 11) is 0. The monoisotopic (exact) mass is 338 g/mol. The topological polar surface area (TPSA) is 42.5 Å². The second-order valence-electron chi connectivity index (χ2n) is 4.62. The van der Waals surface area contributed by atoms with Crippen molar-refractivity contribution < 1.29 is 13.9 Å². The second-order valence-corrected chi connectivity index (χ2v) is 5.44. The lowest BCUT2D eigenvalue weighted by Crippen LogP contribution is -2.27. The van der Waals surface area contributed by atoms with Crippen molar-refractivity contribution in [3.8, 4) is 11.5 Å². The summed E-state index contributed by atoms with van der Waals surface area (Å²) in [5.41, 5.74) is 1.63. The molecule has 114 valence electrons. The Morgan fingerprint density at radius 3 is 2.82 bits per heavy atom. The zero-order chi connectivity index (χ0) is 15.5. The quantitative estimate of drug-likeness (QED) is 0.835. The lowest BCUT2D eigenvalue weighted by molar-refractivity contribution is 0.174. The SMILES string of the molecule is Fc1ccc(CNC(=S)Nc2ccc3c(c2)OCO3)cc1Cl. The molecular weight excluding hydrogens is 327 g/mol. The van der Waals surface area contributed by atoms with E-state index >= 15 is 0 Å². The minimum atomic E-state index is -0.438. The van der Waals surface area contributed by atoms with Gasteiger partial charge in [0.25, 0.3) is 0 Å². The van der Waals surface area contributed by atoms with E-state index in [4.69, 9.17) is 33.3 Å². The van der Waals surface area contributed by atoms with E-state index in [2.05, 4.69) is 10.6 Å². The van der Waals surface area contributed by atoms with Crippen LogP contribution in [0.25, 0.3) is 0 Å². The second kappa shape index (κ2) is 6.37. The molecule has 2 N–H and O–H groups in total. The molecule has 3 rings (SSSR count). The number of hydrogen-bond donors (Lipinski definition) is 2. The van der Waals surface area contributed by atoms with Crippen LogP contribution in [-0.4, -0.2) is 11.9 Å². The van der Waals surface area contributed by atoms with Crippen molar-refractivity contribution in [2.75, 3.05) is 12.1 Å². The van der Waals surface area contributed by atoms with Crippen molar-refractivity contribution in [2.45, 2.75) is 6.54 Å². The largest absolute Gasteiger partial charge is 0.454 e. The number of hydrogen-bond acceptors (Lipinski definition) is 3. The summed E-state index contributed by atoms with van der Waals surface area (Å²) < 4.78 is 23.6. The van der Waals surface area contributed by atoms with E-state index in [0.717, 1.165) is 11.3 Å². The normalized spacial score (nSPS) is 12.1. The Morgan fingerprint density at radius 1 is 1.18 bits per heavy atom. The van der Waals surface area contributed by atoms with Gasteiger partial charge in [-0.3, -0.25) is 0 Å². The molecule has 0 atom stereocenters. The maximum atomic E-state index is 13.1. The Bertz CT molecular complexity index is 727. The molecule has 0 aromatic heterocycles. The highest BCUT2D eigenvalue weighted by atomic mass is 35.5. The predicted molar refractivity (Wildman–Crippen MR) is 87.0 cm³/mol. The van der Waals surface area contributed by atoms with E-state index in [9.17, 15) is 4.39 Å². The first-order valence-corrected chi connectivity index (χ1v) is 7.29. The van der Waals surface area contributed by atoms with Crippen LogP contribution in [0.3, 0.4) is 0 Å². The summed E-state index contributed by atoms with van der Waals surface area (Å²) >= 11 is 11.0. The summed E-state index contributed by atoms with van der Waals surface area (Å²) in [6, 6.07) is 10.0. The number of rotatable bonds is 3. The van der Waals surface area contributed by atoms with E-state index in [0.29, 0.717) is 23.2 Å². The van der Waals surface area contributed by atoms with E-state index < -0.39 is 5.82 Å². The van der Waals surface area contributed by atoms with Crippen LogP contribution in [0.15, 0.2) is 36.4 Å². The maximum Gasteiger partial charge on any atom is 0.231 e. The first kappa shape index (κ1) is 14.9. The summed E-state index contributed by atoms with van der Waals surface area (Å²) in [6.45, 7) is 0.670. The van der Waals surface area contributed by atoms with Gasteiger partial charge >= 0.3 is 0 Å². The summed E-state index contributed by atoms with van der Waals surface area (Å²) in [4.78, 5) is 0. The van der Waals surface area contributed by atoms with Gasteiger partial charge in [-0.15, -0.1) is 0 Å². The van der Waals surface area contributed by atoms with Gasteiger partial charge in [-0.25, -0.2) is 4.39 Å². The van der Waals surface area contributed by atoms with Gasteiger partial charge in [0.05, 0.1) is 5.02 Å². The summed E-state index contributed by atoms with van der Waals surface area (Å²) in [6.07, 6.45) is 0. The highest BCUT2D eigenvalue weighted by molar-refractivity contribution is 7.80. The maximum absolute atomic E-state index is 13.1. The highest BCUT2D eigenvalue weighted by Crippen LogP contribution is 2.34. The third-order valence-electron chi connectivity index (χ3n) is 3.07. The van der Waals surface area contributed by atoms with Crippen LogP contribution in [0.5, 0.6) is 11.5 Å². The van der Waals surface area contributed by atoms with Crippen LogP contribution in [0.1, 0.15) is 5.56 Å². The Kier molecular flexibility index (Phi) is 4.31. The molecule has 1 aliphatic rings. The van der Waals surface area contributed by atoms with Gasteiger partial charge in [0.2, 0.25) is 6.79 Å². The summed E-state index contributed by atoms with van der Waals surface area (Å²) in [5, 5.41) is 6.61. The summed E-state index contributed by atoms with van der Waals surface area (Å²) in [5.74, 6) is 0.954. The van der Waals surface area contributed by atoms with E-state index in [1.54, 1.807) is 12.1 Å². The lowest BCUT2D eigenvalue weighted by atomic mass is 10.2. The Morgan fingerprint density at radius 2 is 2.00 bits per heavy atom. The third-order valence-corrected chi connectivity index (χ3v) is 3.60. The zero-order valence-corrected chi connectivity index (χ0v) is 12.9. The molecule has 0 amide bonds. The van der Waals surface area contributed by atoms with Crippen LogP contribution >= 0.6 is 23.8 Å². The molecule has 0 bridgehead atoms. The molecule has 0 unspecified atom stereocenters. The van der Waals surface area contributed by atoms with Gasteiger partial charge in [-0.2, -0.15) is 0 Å². The van der Waals surface area contributed by atoms with Gasteiger partial charge in [0, 0.05) is 18.3 Å². The van der Waals surface area contributed by atoms with Gasteiger partial charge in [-0.1, -0.05) is 17.7 Å². The smallest absolute Gasteiger partial charge is 0.231 e. The fourth-order valence-corrected chi connectivity index (χ4v) is 2.37. The van der Waals surface area contributed by atoms with Crippen LogP contribution in [0, 0.1) is 5.82 Å². The van der Waals surface area contributed by atoms with Crippen LogP contribution < -0.4 is 20.1 Å². The lowest BCUT2D eigenvalue weighted by Gasteiger charge is -2.11. The highest BCUT2D eigenvalue weighted by Gasteiger charge is 2.13. The van der Waals surface area contributed by atoms with Crippen LogP contribution in [0.4, 0.5) is 10.1 Å². The van der Waals surface area contributed by atoms with Crippen LogP contribution in [-0.2, 0) is 6.54 Å². The predicted octanol–water partition coefficient (Wildman–Crippen LogP) is 3.69. The fourth-order valence-electron chi connectivity index (χ4n) is 1.98. The molecule has 4 nitrogen and oxygen atoms in total. The van der Waals surface area contributed by atoms with Crippen LogP contribution in [0.2, 0.25) is 5.02 Å². The zero-order valence-electron chi connectivity index (χ0n) is 11.4. The first-order chi connectivity index (χ1) is 10.6. The molecule has 0 saturated carbocycles. The van der Waals surface area contributed by atoms with Gasteiger partial charge in [0.15, 0.2) is 16.6 Å². The van der Waals surface area contributed by atoms with Gasteiger partial charge < -0.3 is 20.1 Å². The van der Waals surface area contributed by atoms with Crippen molar-refractivity contribution in [3.63, 3.8) is 0 Å². The number of benzene rings is 2. The number of ether oxygens (including phenoxy) is 2. The molecule has 0 fully saturated rings. The van der Waals surface area contributed by atoms with E-state index in [-0.39, 0.29) is 11.8 Å². The van der Waals surface area contributed by atoms with Gasteiger partial charge in [0.1, 0.15) is 5.82 Å². The van der Waals surface area contributed by atoms with Crippen molar-refractivity contribution in [3.05, 3.63) is 52.8 Å². The Labute approximate surface area is 137 Å². The average Bonchev–Trinajstić information content (AvgIpc) is 2.96. The number of fused-ring (bicyclic) bond motifs is 1. The number of thiocarbonyl (C=S) groups is 1. The first-order valence-electron chi connectivity index (χ1n) is 6.50. The van der Waals surface area contributed by atoms with Gasteiger partial charge in [-0.05, 0) is 42.0 Å². The van der Waals surface area contributed by atoms with Crippen molar-refractivity contribution in [2.24, 2.45) is 0 Å². The van der Waals surface area contributed by atoms with Crippen molar-refractivity contribution in [1.29, 1.82) is 0 Å². The number of anilines is 1. The third kappa shape index (κ3) is 3.40. The molecule has 1 heterocycles.